The maximum atomic E-state index is 10.4. The van der Waals surface area contributed by atoms with Crippen molar-refractivity contribution in [1.29, 1.82) is 0 Å². The Bertz CT molecular complexity index is 326. The zero-order chi connectivity index (χ0) is 18.6. The molecule has 0 aliphatic heterocycles. The lowest BCUT2D eigenvalue weighted by Crippen LogP contribution is -1.93. The lowest BCUT2D eigenvalue weighted by atomic mass is 10.1. The van der Waals surface area contributed by atoms with Gasteiger partial charge in [0.25, 0.3) is 0 Å². The van der Waals surface area contributed by atoms with Crippen LogP contribution in [0.5, 0.6) is 0 Å². The first-order chi connectivity index (χ1) is 12.2. The number of carboxylic acids is 1. The molecular formula is C22H41ClO2. The molecule has 2 nitrogen and oxygen atoms in total. The second-order valence-electron chi connectivity index (χ2n) is 7.28. The highest BCUT2D eigenvalue weighted by molar-refractivity contribution is 6.29. The van der Waals surface area contributed by atoms with Crippen LogP contribution >= 0.6 is 11.6 Å². The molecular weight excluding hydrogens is 332 g/mol. The third-order valence-electron chi connectivity index (χ3n) is 4.73. The Morgan fingerprint density at radius 1 is 0.720 bits per heavy atom. The van der Waals surface area contributed by atoms with Gasteiger partial charge in [-0.3, -0.25) is 4.79 Å². The van der Waals surface area contributed by atoms with Gasteiger partial charge in [-0.05, 0) is 32.1 Å². The summed E-state index contributed by atoms with van der Waals surface area (Å²) in [5, 5.41) is 9.62. The molecule has 25 heavy (non-hydrogen) atoms. The highest BCUT2D eigenvalue weighted by atomic mass is 35.5. The van der Waals surface area contributed by atoms with Crippen molar-refractivity contribution in [2.24, 2.45) is 0 Å². The summed E-state index contributed by atoms with van der Waals surface area (Å²) in [7, 11) is 0. The molecule has 0 aromatic rings. The van der Waals surface area contributed by atoms with Gasteiger partial charge in [-0.2, -0.15) is 0 Å². The fourth-order valence-electron chi connectivity index (χ4n) is 3.09. The quantitative estimate of drug-likeness (QED) is 0.232. The van der Waals surface area contributed by atoms with Gasteiger partial charge in [-0.25, -0.2) is 0 Å². The first-order valence-electron chi connectivity index (χ1n) is 10.7. The Balaban J connectivity index is 3.24. The van der Waals surface area contributed by atoms with E-state index in [9.17, 15) is 4.79 Å². The van der Waals surface area contributed by atoms with Crippen LogP contribution in [0.25, 0.3) is 0 Å². The summed E-state index contributed by atoms with van der Waals surface area (Å²) in [6, 6.07) is 0. The molecule has 0 rings (SSSR count). The third-order valence-corrected chi connectivity index (χ3v) is 5.07. The van der Waals surface area contributed by atoms with E-state index in [1.54, 1.807) is 0 Å². The van der Waals surface area contributed by atoms with E-state index >= 15 is 0 Å². The van der Waals surface area contributed by atoms with E-state index in [1.807, 2.05) is 0 Å². The van der Waals surface area contributed by atoms with Gasteiger partial charge in [0.15, 0.2) is 0 Å². The number of hydrogen-bond acceptors (Lipinski definition) is 1. The topological polar surface area (TPSA) is 37.3 Å². The van der Waals surface area contributed by atoms with E-state index in [1.165, 1.54) is 83.5 Å². The summed E-state index contributed by atoms with van der Waals surface area (Å²) in [4.78, 5) is 10.4. The van der Waals surface area contributed by atoms with Crippen LogP contribution in [0.4, 0.5) is 0 Å². The van der Waals surface area contributed by atoms with E-state index < -0.39 is 5.97 Å². The Morgan fingerprint density at radius 3 is 1.68 bits per heavy atom. The van der Waals surface area contributed by atoms with Crippen molar-refractivity contribution in [2.45, 2.75) is 122 Å². The zero-order valence-electron chi connectivity index (χ0n) is 16.5. The van der Waals surface area contributed by atoms with Crippen molar-refractivity contribution < 1.29 is 9.90 Å². The molecule has 0 amide bonds. The van der Waals surface area contributed by atoms with Gasteiger partial charge >= 0.3 is 5.97 Å². The number of unbranched alkanes of at least 4 members (excludes halogenated alkanes) is 14. The van der Waals surface area contributed by atoms with E-state index in [0.717, 1.165) is 30.7 Å². The number of aliphatic carboxylic acids is 1. The Morgan fingerprint density at radius 2 is 1.16 bits per heavy atom. The fraction of sp³-hybridized carbons (Fsp3) is 0.864. The van der Waals surface area contributed by atoms with Gasteiger partial charge < -0.3 is 5.11 Å². The number of carbonyl (C=O) groups is 1. The summed E-state index contributed by atoms with van der Waals surface area (Å²) >= 11 is 6.30. The summed E-state index contributed by atoms with van der Waals surface area (Å²) in [5.74, 6) is -0.667. The second-order valence-corrected chi connectivity index (χ2v) is 7.77. The molecule has 0 saturated heterocycles. The Labute approximate surface area is 161 Å². The SMILES string of the molecule is CCCCCCCC/C=C(/Cl)CCCCCCCCCCCC(=O)O. The number of hydrogen-bond donors (Lipinski definition) is 1. The Hall–Kier alpha value is -0.500. The van der Waals surface area contributed by atoms with Crippen molar-refractivity contribution >= 4 is 17.6 Å². The average Bonchev–Trinajstić information content (AvgIpc) is 2.58. The van der Waals surface area contributed by atoms with E-state index in [-0.39, 0.29) is 0 Å². The minimum atomic E-state index is -0.667. The molecule has 0 aliphatic carbocycles. The van der Waals surface area contributed by atoms with Gasteiger partial charge in [-0.1, -0.05) is 102 Å². The molecule has 148 valence electrons. The van der Waals surface area contributed by atoms with Gasteiger partial charge in [0.1, 0.15) is 0 Å². The maximum absolute atomic E-state index is 10.4. The molecule has 0 unspecified atom stereocenters. The van der Waals surface area contributed by atoms with E-state index in [0.29, 0.717) is 6.42 Å². The van der Waals surface area contributed by atoms with Crippen molar-refractivity contribution in [3.63, 3.8) is 0 Å². The molecule has 3 heteroatoms. The lowest BCUT2D eigenvalue weighted by molar-refractivity contribution is -0.137. The highest BCUT2D eigenvalue weighted by Crippen LogP contribution is 2.17. The van der Waals surface area contributed by atoms with Crippen LogP contribution in [-0.2, 0) is 4.79 Å². The molecule has 0 atom stereocenters. The van der Waals surface area contributed by atoms with Crippen molar-refractivity contribution in [1.82, 2.24) is 0 Å². The van der Waals surface area contributed by atoms with Gasteiger partial charge in [0.05, 0.1) is 0 Å². The second kappa shape index (κ2) is 19.8. The molecule has 0 aromatic carbocycles. The predicted molar refractivity (Wildman–Crippen MR) is 110 cm³/mol. The lowest BCUT2D eigenvalue weighted by Gasteiger charge is -2.03. The van der Waals surface area contributed by atoms with E-state index in [4.69, 9.17) is 16.7 Å². The zero-order valence-corrected chi connectivity index (χ0v) is 17.3. The molecule has 1 N–H and O–H groups in total. The molecule has 0 heterocycles. The first-order valence-corrected chi connectivity index (χ1v) is 11.1. The minimum absolute atomic E-state index is 0.327. The van der Waals surface area contributed by atoms with Crippen molar-refractivity contribution in [3.8, 4) is 0 Å². The predicted octanol–water partition coefficient (Wildman–Crippen LogP) is 8.24. The van der Waals surface area contributed by atoms with Gasteiger partial charge in [0, 0.05) is 11.5 Å². The molecule has 0 saturated carbocycles. The highest BCUT2D eigenvalue weighted by Gasteiger charge is 1.98. The fourth-order valence-corrected chi connectivity index (χ4v) is 3.34. The molecule has 0 radical (unpaired) electrons. The average molecular weight is 373 g/mol. The number of carboxylic acid groups (broad SMARTS) is 1. The normalized spacial score (nSPS) is 11.8. The van der Waals surface area contributed by atoms with E-state index in [2.05, 4.69) is 13.0 Å². The molecule has 0 spiro atoms. The van der Waals surface area contributed by atoms with Crippen LogP contribution in [0.3, 0.4) is 0 Å². The molecule has 0 bridgehead atoms. The molecule has 0 aliphatic rings. The molecule has 0 fully saturated rings. The standard InChI is InChI=1S/C22H41ClO2/c1-2-3-4-5-9-12-15-18-21(23)19-16-13-10-7-6-8-11-14-17-20-22(24)25/h18H,2-17,19-20H2,1H3,(H,24,25)/b21-18+. The van der Waals surface area contributed by atoms with Crippen LogP contribution in [-0.4, -0.2) is 11.1 Å². The first kappa shape index (κ1) is 24.5. The Kier molecular flexibility index (Phi) is 19.4. The summed E-state index contributed by atoms with van der Waals surface area (Å²) < 4.78 is 0. The van der Waals surface area contributed by atoms with Crippen LogP contribution in [0, 0.1) is 0 Å². The van der Waals surface area contributed by atoms with Crippen molar-refractivity contribution in [3.05, 3.63) is 11.1 Å². The van der Waals surface area contributed by atoms with Crippen LogP contribution < -0.4 is 0 Å². The monoisotopic (exact) mass is 372 g/mol. The van der Waals surface area contributed by atoms with Crippen LogP contribution in [0.2, 0.25) is 0 Å². The summed E-state index contributed by atoms with van der Waals surface area (Å²) in [6.07, 6.45) is 23.5. The smallest absolute Gasteiger partial charge is 0.303 e. The number of halogens is 1. The van der Waals surface area contributed by atoms with Crippen LogP contribution in [0.1, 0.15) is 122 Å². The van der Waals surface area contributed by atoms with Gasteiger partial charge in [0.2, 0.25) is 0 Å². The molecule has 0 aromatic heterocycles. The number of allylic oxidation sites excluding steroid dienone is 2. The summed E-state index contributed by atoms with van der Waals surface area (Å²) in [6.45, 7) is 2.26. The van der Waals surface area contributed by atoms with Crippen molar-refractivity contribution in [2.75, 3.05) is 0 Å². The third kappa shape index (κ3) is 21.5. The largest absolute Gasteiger partial charge is 0.481 e. The minimum Gasteiger partial charge on any atom is -0.481 e. The van der Waals surface area contributed by atoms with Gasteiger partial charge in [-0.15, -0.1) is 0 Å². The maximum Gasteiger partial charge on any atom is 0.303 e. The summed E-state index contributed by atoms with van der Waals surface area (Å²) in [5.41, 5.74) is 0. The number of rotatable bonds is 19. The van der Waals surface area contributed by atoms with Crippen LogP contribution in [0.15, 0.2) is 11.1 Å².